The molecule has 2 fully saturated rings. The minimum atomic E-state index is -0.502. The highest BCUT2D eigenvalue weighted by Crippen LogP contribution is 2.22. The Kier molecular flexibility index (Phi) is 3.47. The van der Waals surface area contributed by atoms with Crippen molar-refractivity contribution in [2.24, 2.45) is 0 Å². The van der Waals surface area contributed by atoms with Crippen molar-refractivity contribution in [3.05, 3.63) is 0 Å². The number of hydrogen-bond acceptors (Lipinski definition) is 4. The van der Waals surface area contributed by atoms with Crippen LogP contribution in [0.4, 0.5) is 0 Å². The molecule has 1 unspecified atom stereocenters. The number of carbonyl (C=O) groups excluding carboxylic acids is 1. The van der Waals surface area contributed by atoms with Gasteiger partial charge in [0.2, 0.25) is 5.91 Å². The van der Waals surface area contributed by atoms with Crippen LogP contribution >= 0.6 is 0 Å². The Labute approximate surface area is 96.1 Å². The molecule has 16 heavy (non-hydrogen) atoms. The maximum absolute atomic E-state index is 11.8. The van der Waals surface area contributed by atoms with E-state index in [1.807, 2.05) is 18.7 Å². The van der Waals surface area contributed by atoms with Crippen LogP contribution in [0.3, 0.4) is 0 Å². The summed E-state index contributed by atoms with van der Waals surface area (Å²) in [4.78, 5) is 13.6. The summed E-state index contributed by atoms with van der Waals surface area (Å²) < 4.78 is 11.2. The standard InChI is InChI=1S/C11H20N2O3/c1-11(2)15-8-9(16-11)7-13-6-5-12-4-3-10(13)14/h9,12H,3-8H2,1-2H3. The molecule has 5 heteroatoms. The first-order valence-electron chi connectivity index (χ1n) is 5.87. The van der Waals surface area contributed by atoms with Crippen LogP contribution in [-0.4, -0.2) is 55.5 Å². The molecule has 0 aromatic carbocycles. The van der Waals surface area contributed by atoms with E-state index in [-0.39, 0.29) is 12.0 Å². The molecule has 2 aliphatic heterocycles. The molecule has 0 aromatic rings. The Bertz CT molecular complexity index is 268. The first kappa shape index (κ1) is 11.8. The van der Waals surface area contributed by atoms with Gasteiger partial charge in [-0.05, 0) is 13.8 Å². The number of hydrogen-bond donors (Lipinski definition) is 1. The SMILES string of the molecule is CC1(C)OCC(CN2CCNCCC2=O)O1. The van der Waals surface area contributed by atoms with Gasteiger partial charge >= 0.3 is 0 Å². The fraction of sp³-hybridized carbons (Fsp3) is 0.909. The van der Waals surface area contributed by atoms with Crippen LogP contribution in [0.1, 0.15) is 20.3 Å². The van der Waals surface area contributed by atoms with Gasteiger partial charge in [-0.3, -0.25) is 4.79 Å². The van der Waals surface area contributed by atoms with Gasteiger partial charge in [-0.1, -0.05) is 0 Å². The smallest absolute Gasteiger partial charge is 0.223 e. The first-order chi connectivity index (χ1) is 7.57. The lowest BCUT2D eigenvalue weighted by Crippen LogP contribution is -2.39. The Morgan fingerprint density at radius 3 is 3.00 bits per heavy atom. The van der Waals surface area contributed by atoms with E-state index >= 15 is 0 Å². The van der Waals surface area contributed by atoms with Crippen LogP contribution in [0.2, 0.25) is 0 Å². The highest BCUT2D eigenvalue weighted by atomic mass is 16.7. The lowest BCUT2D eigenvalue weighted by Gasteiger charge is -2.24. The molecule has 1 atom stereocenters. The topological polar surface area (TPSA) is 50.8 Å². The highest BCUT2D eigenvalue weighted by Gasteiger charge is 2.34. The van der Waals surface area contributed by atoms with E-state index in [4.69, 9.17) is 9.47 Å². The first-order valence-corrected chi connectivity index (χ1v) is 5.87. The fourth-order valence-electron chi connectivity index (χ4n) is 2.11. The summed E-state index contributed by atoms with van der Waals surface area (Å²) in [5.74, 6) is -0.295. The molecule has 0 spiro atoms. The van der Waals surface area contributed by atoms with E-state index in [9.17, 15) is 4.79 Å². The summed E-state index contributed by atoms with van der Waals surface area (Å²) >= 11 is 0. The molecule has 2 rings (SSSR count). The van der Waals surface area contributed by atoms with Crippen molar-refractivity contribution < 1.29 is 14.3 Å². The molecular formula is C11H20N2O3. The number of nitrogens with zero attached hydrogens (tertiary/aromatic N) is 1. The molecule has 92 valence electrons. The molecule has 2 aliphatic rings. The van der Waals surface area contributed by atoms with Crippen LogP contribution in [0.25, 0.3) is 0 Å². The fourth-order valence-corrected chi connectivity index (χ4v) is 2.11. The summed E-state index contributed by atoms with van der Waals surface area (Å²) in [6.45, 7) is 7.43. The molecule has 0 saturated carbocycles. The zero-order chi connectivity index (χ0) is 11.6. The van der Waals surface area contributed by atoms with E-state index in [0.29, 0.717) is 19.6 Å². The van der Waals surface area contributed by atoms with Gasteiger partial charge in [-0.15, -0.1) is 0 Å². The summed E-state index contributed by atoms with van der Waals surface area (Å²) in [7, 11) is 0. The van der Waals surface area contributed by atoms with Crippen molar-refractivity contribution in [1.82, 2.24) is 10.2 Å². The molecule has 0 radical (unpaired) electrons. The third-order valence-corrected chi connectivity index (χ3v) is 2.92. The van der Waals surface area contributed by atoms with Gasteiger partial charge in [0.1, 0.15) is 6.10 Å². The highest BCUT2D eigenvalue weighted by molar-refractivity contribution is 5.76. The second-order valence-corrected chi connectivity index (χ2v) is 4.79. The average Bonchev–Trinajstić information content (AvgIpc) is 2.41. The molecule has 5 nitrogen and oxygen atoms in total. The van der Waals surface area contributed by atoms with Gasteiger partial charge < -0.3 is 19.7 Å². The third-order valence-electron chi connectivity index (χ3n) is 2.92. The van der Waals surface area contributed by atoms with Crippen LogP contribution in [0, 0.1) is 0 Å². The molecular weight excluding hydrogens is 208 g/mol. The van der Waals surface area contributed by atoms with Crippen molar-refractivity contribution in [3.8, 4) is 0 Å². The van der Waals surface area contributed by atoms with E-state index < -0.39 is 5.79 Å². The lowest BCUT2D eigenvalue weighted by molar-refractivity contribution is -0.145. The summed E-state index contributed by atoms with van der Waals surface area (Å²) in [6, 6.07) is 0. The summed E-state index contributed by atoms with van der Waals surface area (Å²) in [5, 5.41) is 3.21. The predicted molar refractivity (Wildman–Crippen MR) is 59.0 cm³/mol. The molecule has 1 N–H and O–H groups in total. The van der Waals surface area contributed by atoms with Gasteiger partial charge in [-0.25, -0.2) is 0 Å². The van der Waals surface area contributed by atoms with E-state index in [2.05, 4.69) is 5.32 Å². The largest absolute Gasteiger partial charge is 0.348 e. The quantitative estimate of drug-likeness (QED) is 0.720. The Balaban J connectivity index is 1.86. The zero-order valence-corrected chi connectivity index (χ0v) is 9.99. The maximum Gasteiger partial charge on any atom is 0.223 e. The second-order valence-electron chi connectivity index (χ2n) is 4.79. The summed E-state index contributed by atoms with van der Waals surface area (Å²) in [6.07, 6.45) is 0.591. The molecule has 2 saturated heterocycles. The van der Waals surface area contributed by atoms with Crippen LogP contribution in [0.15, 0.2) is 0 Å². The minimum Gasteiger partial charge on any atom is -0.348 e. The number of amides is 1. The van der Waals surface area contributed by atoms with Gasteiger partial charge in [0, 0.05) is 32.6 Å². The summed E-state index contributed by atoms with van der Waals surface area (Å²) in [5.41, 5.74) is 0. The Hall–Kier alpha value is -0.650. The average molecular weight is 228 g/mol. The normalized spacial score (nSPS) is 30.5. The monoisotopic (exact) mass is 228 g/mol. The van der Waals surface area contributed by atoms with E-state index in [1.54, 1.807) is 0 Å². The van der Waals surface area contributed by atoms with Gasteiger partial charge in [0.15, 0.2) is 5.79 Å². The van der Waals surface area contributed by atoms with Crippen LogP contribution < -0.4 is 5.32 Å². The Morgan fingerprint density at radius 1 is 1.50 bits per heavy atom. The van der Waals surface area contributed by atoms with E-state index in [0.717, 1.165) is 19.6 Å². The van der Waals surface area contributed by atoms with Crippen molar-refractivity contribution in [3.63, 3.8) is 0 Å². The molecule has 0 aliphatic carbocycles. The number of rotatable bonds is 2. The number of ether oxygens (including phenoxy) is 2. The number of carbonyl (C=O) groups is 1. The van der Waals surface area contributed by atoms with Crippen molar-refractivity contribution in [2.75, 3.05) is 32.8 Å². The molecule has 2 heterocycles. The van der Waals surface area contributed by atoms with Gasteiger partial charge in [0.05, 0.1) is 6.61 Å². The third kappa shape index (κ3) is 2.93. The van der Waals surface area contributed by atoms with Crippen molar-refractivity contribution in [2.45, 2.75) is 32.2 Å². The molecule has 0 bridgehead atoms. The van der Waals surface area contributed by atoms with Gasteiger partial charge in [-0.2, -0.15) is 0 Å². The zero-order valence-electron chi connectivity index (χ0n) is 9.99. The van der Waals surface area contributed by atoms with Crippen LogP contribution in [-0.2, 0) is 14.3 Å². The van der Waals surface area contributed by atoms with Crippen molar-refractivity contribution >= 4 is 5.91 Å². The second kappa shape index (κ2) is 4.69. The Morgan fingerprint density at radius 2 is 2.31 bits per heavy atom. The van der Waals surface area contributed by atoms with E-state index in [1.165, 1.54) is 0 Å². The van der Waals surface area contributed by atoms with Crippen LogP contribution in [0.5, 0.6) is 0 Å². The minimum absolute atomic E-state index is 0.0112. The van der Waals surface area contributed by atoms with Crippen molar-refractivity contribution in [1.29, 1.82) is 0 Å². The number of nitrogens with one attached hydrogen (secondary N) is 1. The lowest BCUT2D eigenvalue weighted by atomic mass is 10.3. The van der Waals surface area contributed by atoms with Gasteiger partial charge in [0.25, 0.3) is 0 Å². The maximum atomic E-state index is 11.8. The molecule has 0 aromatic heterocycles. The predicted octanol–water partition coefficient (Wildman–Crippen LogP) is -0.0402. The molecule has 1 amide bonds.